The molecule has 3 aliphatic heterocycles. The highest BCUT2D eigenvalue weighted by molar-refractivity contribution is 7.91. The van der Waals surface area contributed by atoms with Crippen LogP contribution in [-0.4, -0.2) is 112 Å². The second-order valence-electron chi connectivity index (χ2n) is 13.3. The summed E-state index contributed by atoms with van der Waals surface area (Å²) in [5, 5.41) is 10.6. The lowest BCUT2D eigenvalue weighted by molar-refractivity contribution is -0.151. The topological polar surface area (TPSA) is 117 Å². The van der Waals surface area contributed by atoms with Gasteiger partial charge in [-0.1, -0.05) is 26.0 Å². The van der Waals surface area contributed by atoms with E-state index in [0.717, 1.165) is 13.1 Å². The van der Waals surface area contributed by atoms with Gasteiger partial charge in [0.05, 0.1) is 24.0 Å². The summed E-state index contributed by atoms with van der Waals surface area (Å²) in [7, 11) is 0.841. The number of aliphatic hydroxyl groups excluding tert-OH is 1. The molecule has 12 heteroatoms. The third kappa shape index (κ3) is 10.0. The zero-order valence-electron chi connectivity index (χ0n) is 27.7. The molecule has 0 unspecified atom stereocenters. The summed E-state index contributed by atoms with van der Waals surface area (Å²) in [5.74, 6) is -1.14. The minimum Gasteiger partial charge on any atom is -0.457 e. The van der Waals surface area contributed by atoms with Gasteiger partial charge in [-0.2, -0.15) is 0 Å². The van der Waals surface area contributed by atoms with Crippen molar-refractivity contribution in [2.75, 3.05) is 56.7 Å². The average Bonchev–Trinajstić information content (AvgIpc) is 2.99. The maximum absolute atomic E-state index is 14.9. The molecule has 0 spiro atoms. The van der Waals surface area contributed by atoms with E-state index in [-0.39, 0.29) is 41.9 Å². The van der Waals surface area contributed by atoms with Gasteiger partial charge in [-0.05, 0) is 81.0 Å². The van der Waals surface area contributed by atoms with Crippen LogP contribution >= 0.6 is 0 Å². The van der Waals surface area contributed by atoms with E-state index in [2.05, 4.69) is 4.90 Å². The van der Waals surface area contributed by atoms with E-state index in [1.54, 1.807) is 11.0 Å². The first-order valence-electron chi connectivity index (χ1n) is 16.3. The number of ether oxygens (including phenoxy) is 2. The van der Waals surface area contributed by atoms with Crippen molar-refractivity contribution in [1.82, 2.24) is 9.80 Å². The van der Waals surface area contributed by atoms with Gasteiger partial charge in [0, 0.05) is 50.9 Å². The summed E-state index contributed by atoms with van der Waals surface area (Å²) in [6, 6.07) is 4.66. The number of hydrogen-bond donors (Lipinski definition) is 1. The molecule has 4 rings (SSSR count). The number of likely N-dealkylation sites (N-methyl/N-ethyl adjacent to an activating group) is 1. The van der Waals surface area contributed by atoms with Crippen molar-refractivity contribution < 1.29 is 37.0 Å². The normalized spacial score (nSPS) is 29.6. The number of aliphatic hydroxyl groups is 1. The molecule has 256 valence electrons. The van der Waals surface area contributed by atoms with Crippen LogP contribution in [0.3, 0.4) is 0 Å². The van der Waals surface area contributed by atoms with Gasteiger partial charge in [0.15, 0.2) is 0 Å². The predicted octanol–water partition coefficient (Wildman–Crippen LogP) is 4.28. The Hall–Kier alpha value is -2.96. The molecule has 0 aliphatic carbocycles. The van der Waals surface area contributed by atoms with E-state index in [1.165, 1.54) is 12.1 Å². The first-order valence-corrected chi connectivity index (χ1v) is 18.1. The highest BCUT2D eigenvalue weighted by atomic mass is 32.2. The smallest absolute Gasteiger partial charge is 0.410 e. The largest absolute Gasteiger partial charge is 0.457 e. The Kier molecular flexibility index (Phi) is 12.3. The van der Waals surface area contributed by atoms with Gasteiger partial charge in [0.2, 0.25) is 0 Å². The molecule has 0 radical (unpaired) electrons. The fourth-order valence-corrected chi connectivity index (χ4v) is 7.80. The van der Waals surface area contributed by atoms with Crippen LogP contribution in [0.25, 0.3) is 6.08 Å². The molecule has 2 fully saturated rings. The zero-order valence-corrected chi connectivity index (χ0v) is 28.5. The number of carbonyl (C=O) groups is 2. The molecule has 10 nitrogen and oxygen atoms in total. The van der Waals surface area contributed by atoms with Crippen LogP contribution in [0, 0.1) is 17.7 Å². The molecule has 3 heterocycles. The number of hydrogen-bond acceptors (Lipinski definition) is 9. The molecule has 46 heavy (non-hydrogen) atoms. The van der Waals surface area contributed by atoms with Gasteiger partial charge in [-0.25, -0.2) is 17.6 Å². The molecule has 5 atom stereocenters. The van der Waals surface area contributed by atoms with Gasteiger partial charge in [0.1, 0.15) is 27.9 Å². The van der Waals surface area contributed by atoms with Crippen molar-refractivity contribution in [1.29, 1.82) is 0 Å². The maximum Gasteiger partial charge on any atom is 0.410 e. The van der Waals surface area contributed by atoms with E-state index < -0.39 is 39.9 Å². The van der Waals surface area contributed by atoms with Gasteiger partial charge < -0.3 is 29.3 Å². The number of benzene rings is 1. The van der Waals surface area contributed by atoms with Crippen molar-refractivity contribution >= 4 is 33.7 Å². The molecule has 1 aromatic carbocycles. The van der Waals surface area contributed by atoms with Crippen molar-refractivity contribution in [3.8, 4) is 0 Å². The van der Waals surface area contributed by atoms with E-state index in [4.69, 9.17) is 9.47 Å². The Morgan fingerprint density at radius 3 is 2.41 bits per heavy atom. The highest BCUT2D eigenvalue weighted by Gasteiger charge is 2.30. The van der Waals surface area contributed by atoms with Crippen molar-refractivity contribution in [3.63, 3.8) is 0 Å². The summed E-state index contributed by atoms with van der Waals surface area (Å²) in [5.41, 5.74) is 1.89. The first-order chi connectivity index (χ1) is 21.7. The number of sulfone groups is 1. The third-order valence-electron chi connectivity index (χ3n) is 9.48. The van der Waals surface area contributed by atoms with Gasteiger partial charge in [-0.15, -0.1) is 0 Å². The predicted molar refractivity (Wildman–Crippen MR) is 177 cm³/mol. The quantitative estimate of drug-likeness (QED) is 0.364. The molecule has 1 N–H and O–H groups in total. The maximum atomic E-state index is 14.9. The molecule has 0 bridgehead atoms. The summed E-state index contributed by atoms with van der Waals surface area (Å²) in [4.78, 5) is 31.8. The molecule has 1 amide bonds. The SMILES string of the molecule is C/C(=C\c1cc(F)cc(N(C)C2CCS(=O)(=O)CC2)c1)[C@H]1OC(=O)C[C@H](O)CC[C@H](C)[C@@H](OC(=O)N2CCN(C)CC2)/C=C/[C@@H]1C. The molecule has 2 saturated heterocycles. The Balaban J connectivity index is 1.56. The number of amides is 1. The fourth-order valence-electron chi connectivity index (χ4n) is 6.33. The van der Waals surface area contributed by atoms with Crippen LogP contribution in [0.2, 0.25) is 0 Å². The lowest BCUT2D eigenvalue weighted by Gasteiger charge is -2.33. The Morgan fingerprint density at radius 1 is 1.07 bits per heavy atom. The molecular weight excluding hydrogens is 613 g/mol. The third-order valence-corrected chi connectivity index (χ3v) is 11.2. The Bertz CT molecular complexity index is 1380. The fraction of sp³-hybridized carbons (Fsp3) is 0.647. The minimum absolute atomic E-state index is 0.0206. The zero-order chi connectivity index (χ0) is 33.6. The second kappa shape index (κ2) is 15.8. The van der Waals surface area contributed by atoms with Crippen LogP contribution in [0.15, 0.2) is 35.9 Å². The number of piperazine rings is 1. The number of anilines is 1. The summed E-state index contributed by atoms with van der Waals surface area (Å²) in [6.45, 7) is 8.44. The monoisotopic (exact) mass is 663 g/mol. The Labute approximate surface area is 273 Å². The molecule has 1 aromatic rings. The number of carbonyl (C=O) groups excluding carboxylic acids is 2. The van der Waals surface area contributed by atoms with Crippen molar-refractivity contribution in [2.24, 2.45) is 11.8 Å². The average molecular weight is 664 g/mol. The Morgan fingerprint density at radius 2 is 1.74 bits per heavy atom. The number of esters is 1. The van der Waals surface area contributed by atoms with Crippen LogP contribution in [-0.2, 0) is 24.1 Å². The highest BCUT2D eigenvalue weighted by Crippen LogP contribution is 2.29. The number of rotatable bonds is 5. The standard InChI is InChI=1S/C34H50FN3O7S/c1-23-6-8-30(39)22-32(40)45-33(24(2)7-9-31(23)44-34(41)38-14-12-36(4)13-15-38)25(3)18-26-19-27(35)21-29(20-26)37(5)28-10-16-46(42,43)17-11-28/h7,9,18-21,23-24,28,30-31,33,39H,6,8,10-17,22H2,1-5H3/b9-7+,25-18+/t23-,24-,30+,31-,33-/m0/s1. The minimum atomic E-state index is -3.02. The van der Waals surface area contributed by atoms with Gasteiger partial charge in [-0.3, -0.25) is 4.79 Å². The van der Waals surface area contributed by atoms with Crippen molar-refractivity contribution in [2.45, 2.75) is 77.2 Å². The summed E-state index contributed by atoms with van der Waals surface area (Å²) in [6.07, 6.45) is 4.74. The van der Waals surface area contributed by atoms with E-state index >= 15 is 0 Å². The number of nitrogens with zero attached hydrogens (tertiary/aromatic N) is 3. The lowest BCUT2D eigenvalue weighted by atomic mass is 9.91. The first kappa shape index (κ1) is 35.9. The van der Waals surface area contributed by atoms with Gasteiger partial charge in [0.25, 0.3) is 0 Å². The molecular formula is C34H50FN3O7S. The van der Waals surface area contributed by atoms with E-state index in [9.17, 15) is 27.5 Å². The van der Waals surface area contributed by atoms with Gasteiger partial charge >= 0.3 is 12.1 Å². The van der Waals surface area contributed by atoms with Crippen LogP contribution in [0.5, 0.6) is 0 Å². The summed E-state index contributed by atoms with van der Waals surface area (Å²) >= 11 is 0. The van der Waals surface area contributed by atoms with E-state index in [0.29, 0.717) is 55.6 Å². The molecule has 3 aliphatic rings. The van der Waals surface area contributed by atoms with Crippen LogP contribution in [0.1, 0.15) is 58.4 Å². The molecule has 0 aromatic heterocycles. The van der Waals surface area contributed by atoms with Crippen LogP contribution in [0.4, 0.5) is 14.9 Å². The second-order valence-corrected chi connectivity index (χ2v) is 15.6. The van der Waals surface area contributed by atoms with E-state index in [1.807, 2.05) is 58.0 Å². The van der Waals surface area contributed by atoms with Crippen LogP contribution < -0.4 is 4.90 Å². The number of halogens is 1. The summed E-state index contributed by atoms with van der Waals surface area (Å²) < 4.78 is 50.6. The molecule has 0 saturated carbocycles. The lowest BCUT2D eigenvalue weighted by Crippen LogP contribution is -2.48. The number of cyclic esters (lactones) is 1. The van der Waals surface area contributed by atoms with Crippen molar-refractivity contribution in [3.05, 3.63) is 47.3 Å².